The number of phenolic OH excluding ortho intramolecular Hbond substituents is 3. The van der Waals surface area contributed by atoms with Crippen molar-refractivity contribution in [3.05, 3.63) is 17.7 Å². The first-order valence-electron chi connectivity index (χ1n) is 5.52. The molecule has 0 fully saturated rings. The van der Waals surface area contributed by atoms with E-state index >= 15 is 0 Å². The summed E-state index contributed by atoms with van der Waals surface area (Å²) in [6.07, 6.45) is 0. The van der Waals surface area contributed by atoms with Gasteiger partial charge in [0.15, 0.2) is 17.2 Å². The highest BCUT2D eigenvalue weighted by Gasteiger charge is 2.18. The van der Waals surface area contributed by atoms with E-state index in [9.17, 15) is 19.8 Å². The standard InChI is InChI=1S/C12H15NO6/c1-3-19-10(16)6-13(2)12(18)7-4-8(14)11(17)9(15)5-7/h4-5,14-15,17H,3,6H2,1-2H3. The fraction of sp³-hybridized carbons (Fsp3) is 0.333. The maximum Gasteiger partial charge on any atom is 0.325 e. The van der Waals surface area contributed by atoms with E-state index in [2.05, 4.69) is 0 Å². The third-order valence-corrected chi connectivity index (χ3v) is 2.33. The Morgan fingerprint density at radius 3 is 2.21 bits per heavy atom. The van der Waals surface area contributed by atoms with Crippen molar-refractivity contribution in [2.75, 3.05) is 20.2 Å². The Balaban J connectivity index is 2.85. The molecule has 0 aliphatic rings. The van der Waals surface area contributed by atoms with Crippen LogP contribution >= 0.6 is 0 Å². The molecule has 0 saturated carbocycles. The molecule has 0 heterocycles. The number of hydrogen-bond donors (Lipinski definition) is 3. The van der Waals surface area contributed by atoms with Crippen LogP contribution in [0.15, 0.2) is 12.1 Å². The predicted molar refractivity (Wildman–Crippen MR) is 65.0 cm³/mol. The Kier molecular flexibility index (Phi) is 4.57. The summed E-state index contributed by atoms with van der Waals surface area (Å²) in [5.74, 6) is -3.10. The summed E-state index contributed by atoms with van der Waals surface area (Å²) >= 11 is 0. The minimum Gasteiger partial charge on any atom is -0.504 e. The monoisotopic (exact) mass is 269 g/mol. The van der Waals surface area contributed by atoms with Crippen LogP contribution in [0.1, 0.15) is 17.3 Å². The summed E-state index contributed by atoms with van der Waals surface area (Å²) in [7, 11) is 1.38. The van der Waals surface area contributed by atoms with Crippen molar-refractivity contribution in [3.8, 4) is 17.2 Å². The number of amides is 1. The molecule has 0 bridgehead atoms. The molecule has 1 aromatic rings. The molecule has 0 aliphatic carbocycles. The number of carbonyl (C=O) groups excluding carboxylic acids is 2. The SMILES string of the molecule is CCOC(=O)CN(C)C(=O)c1cc(O)c(O)c(O)c1. The molecule has 0 aliphatic heterocycles. The van der Waals surface area contributed by atoms with E-state index in [1.165, 1.54) is 7.05 Å². The molecule has 3 N–H and O–H groups in total. The van der Waals surface area contributed by atoms with Gasteiger partial charge in [0.05, 0.1) is 6.61 Å². The number of carbonyl (C=O) groups is 2. The Hall–Kier alpha value is -2.44. The number of benzene rings is 1. The Morgan fingerprint density at radius 1 is 1.21 bits per heavy atom. The molecule has 0 aromatic heterocycles. The predicted octanol–water partition coefficient (Wildman–Crippen LogP) is 0.438. The van der Waals surface area contributed by atoms with Crippen molar-refractivity contribution in [2.45, 2.75) is 6.92 Å². The van der Waals surface area contributed by atoms with Crippen LogP contribution in [0.3, 0.4) is 0 Å². The van der Waals surface area contributed by atoms with Gasteiger partial charge in [0, 0.05) is 12.6 Å². The molecule has 7 nitrogen and oxygen atoms in total. The topological polar surface area (TPSA) is 107 Å². The van der Waals surface area contributed by atoms with Crippen molar-refractivity contribution >= 4 is 11.9 Å². The lowest BCUT2D eigenvalue weighted by Crippen LogP contribution is -2.33. The lowest BCUT2D eigenvalue weighted by molar-refractivity contribution is -0.143. The average Bonchev–Trinajstić information content (AvgIpc) is 2.34. The van der Waals surface area contributed by atoms with Crippen molar-refractivity contribution < 1.29 is 29.6 Å². The quantitative estimate of drug-likeness (QED) is 0.540. The van der Waals surface area contributed by atoms with Crippen molar-refractivity contribution in [1.29, 1.82) is 0 Å². The van der Waals surface area contributed by atoms with Crippen molar-refractivity contribution in [3.63, 3.8) is 0 Å². The highest BCUT2D eigenvalue weighted by atomic mass is 16.5. The zero-order chi connectivity index (χ0) is 14.6. The molecular formula is C12H15NO6. The maximum atomic E-state index is 11.9. The summed E-state index contributed by atoms with van der Waals surface area (Å²) in [6, 6.07) is 2.00. The molecule has 7 heteroatoms. The maximum absolute atomic E-state index is 11.9. The number of esters is 1. The number of ether oxygens (including phenoxy) is 1. The number of phenols is 3. The number of aromatic hydroxyl groups is 3. The second-order valence-electron chi connectivity index (χ2n) is 3.83. The largest absolute Gasteiger partial charge is 0.504 e. The van der Waals surface area contributed by atoms with E-state index in [1.54, 1.807) is 6.92 Å². The van der Waals surface area contributed by atoms with E-state index in [-0.39, 0.29) is 18.7 Å². The van der Waals surface area contributed by atoms with Gasteiger partial charge in [0.25, 0.3) is 5.91 Å². The van der Waals surface area contributed by atoms with Gasteiger partial charge in [-0.05, 0) is 19.1 Å². The molecule has 0 atom stereocenters. The highest BCUT2D eigenvalue weighted by molar-refractivity contribution is 5.97. The minimum atomic E-state index is -0.704. The van der Waals surface area contributed by atoms with Gasteiger partial charge in [-0.15, -0.1) is 0 Å². The molecule has 1 rings (SSSR count). The second kappa shape index (κ2) is 5.94. The van der Waals surface area contributed by atoms with Crippen LogP contribution < -0.4 is 0 Å². The minimum absolute atomic E-state index is 0.0559. The third-order valence-electron chi connectivity index (χ3n) is 2.33. The van der Waals surface area contributed by atoms with Gasteiger partial charge >= 0.3 is 5.97 Å². The van der Waals surface area contributed by atoms with Crippen LogP contribution in [-0.2, 0) is 9.53 Å². The lowest BCUT2D eigenvalue weighted by atomic mass is 10.1. The Bertz CT molecular complexity index is 476. The van der Waals surface area contributed by atoms with Crippen LogP contribution in [-0.4, -0.2) is 52.3 Å². The fourth-order valence-corrected chi connectivity index (χ4v) is 1.42. The number of rotatable bonds is 4. The van der Waals surface area contributed by atoms with Gasteiger partial charge in [-0.3, -0.25) is 9.59 Å². The van der Waals surface area contributed by atoms with Crippen molar-refractivity contribution in [1.82, 2.24) is 4.90 Å². The van der Waals surface area contributed by atoms with Gasteiger partial charge in [-0.25, -0.2) is 0 Å². The Morgan fingerprint density at radius 2 is 1.74 bits per heavy atom. The van der Waals surface area contributed by atoms with E-state index in [4.69, 9.17) is 9.84 Å². The van der Waals surface area contributed by atoms with Gasteiger partial charge in [-0.1, -0.05) is 0 Å². The van der Waals surface area contributed by atoms with Crippen LogP contribution in [0.2, 0.25) is 0 Å². The van der Waals surface area contributed by atoms with Gasteiger partial charge in [-0.2, -0.15) is 0 Å². The molecular weight excluding hydrogens is 254 g/mol. The van der Waals surface area contributed by atoms with Crippen LogP contribution in [0.4, 0.5) is 0 Å². The highest BCUT2D eigenvalue weighted by Crippen LogP contribution is 2.35. The molecule has 104 valence electrons. The molecule has 0 unspecified atom stereocenters. The van der Waals surface area contributed by atoms with E-state index in [1.807, 2.05) is 0 Å². The summed E-state index contributed by atoms with van der Waals surface area (Å²) in [4.78, 5) is 24.2. The first-order chi connectivity index (χ1) is 8.86. The van der Waals surface area contributed by atoms with Gasteiger partial charge in [0.2, 0.25) is 0 Å². The smallest absolute Gasteiger partial charge is 0.325 e. The number of nitrogens with zero attached hydrogens (tertiary/aromatic N) is 1. The summed E-state index contributed by atoms with van der Waals surface area (Å²) in [5.41, 5.74) is -0.0559. The summed E-state index contributed by atoms with van der Waals surface area (Å²) < 4.78 is 4.69. The zero-order valence-electron chi connectivity index (χ0n) is 10.6. The lowest BCUT2D eigenvalue weighted by Gasteiger charge is -2.16. The molecule has 0 spiro atoms. The molecule has 0 radical (unpaired) electrons. The zero-order valence-corrected chi connectivity index (χ0v) is 10.6. The van der Waals surface area contributed by atoms with Crippen LogP contribution in [0.25, 0.3) is 0 Å². The second-order valence-corrected chi connectivity index (χ2v) is 3.83. The normalized spacial score (nSPS) is 10.0. The Labute approximate surface area is 109 Å². The van der Waals surface area contributed by atoms with Gasteiger partial charge in [0.1, 0.15) is 6.54 Å². The molecule has 1 aromatic carbocycles. The number of hydrogen-bond acceptors (Lipinski definition) is 6. The summed E-state index contributed by atoms with van der Waals surface area (Å²) in [6.45, 7) is 1.60. The molecule has 0 saturated heterocycles. The van der Waals surface area contributed by atoms with Crippen LogP contribution in [0.5, 0.6) is 17.2 Å². The summed E-state index contributed by atoms with van der Waals surface area (Å²) in [5, 5.41) is 27.8. The van der Waals surface area contributed by atoms with Crippen LogP contribution in [0, 0.1) is 0 Å². The molecule has 1 amide bonds. The first-order valence-corrected chi connectivity index (χ1v) is 5.52. The molecule has 19 heavy (non-hydrogen) atoms. The first kappa shape index (κ1) is 14.6. The third kappa shape index (κ3) is 3.51. The fourth-order valence-electron chi connectivity index (χ4n) is 1.42. The van der Waals surface area contributed by atoms with Crippen molar-refractivity contribution in [2.24, 2.45) is 0 Å². The van der Waals surface area contributed by atoms with E-state index in [0.717, 1.165) is 17.0 Å². The average molecular weight is 269 g/mol. The number of likely N-dealkylation sites (N-methyl/N-ethyl adjacent to an activating group) is 1. The van der Waals surface area contributed by atoms with E-state index < -0.39 is 29.1 Å². The van der Waals surface area contributed by atoms with E-state index in [0.29, 0.717) is 0 Å². The van der Waals surface area contributed by atoms with Gasteiger partial charge < -0.3 is 25.0 Å².